The molecular weight excluding hydrogens is 210 g/mol. The molecule has 0 bridgehead atoms. The van der Waals surface area contributed by atoms with Crippen LogP contribution in [0.15, 0.2) is 24.4 Å². The minimum atomic E-state index is 0.625. The molecule has 0 saturated heterocycles. The number of aldehydes is 1. The summed E-state index contributed by atoms with van der Waals surface area (Å²) >= 11 is 5.89. The van der Waals surface area contributed by atoms with Crippen LogP contribution in [0.25, 0.3) is 10.9 Å². The summed E-state index contributed by atoms with van der Waals surface area (Å²) in [6.45, 7) is 0. The van der Waals surface area contributed by atoms with Crippen molar-refractivity contribution in [3.8, 4) is 0 Å². The molecule has 0 aliphatic heterocycles. The molecule has 0 radical (unpaired) electrons. The van der Waals surface area contributed by atoms with Gasteiger partial charge in [-0.25, -0.2) is 0 Å². The third-order valence-corrected chi connectivity index (χ3v) is 2.73. The number of rotatable bonds is 4. The van der Waals surface area contributed by atoms with E-state index in [9.17, 15) is 4.79 Å². The number of unbranched alkanes of at least 4 members (excludes halogenated alkanes) is 1. The first-order chi connectivity index (χ1) is 7.31. The molecule has 0 atom stereocenters. The fraction of sp³-hybridized carbons (Fsp3) is 0.250. The molecule has 15 heavy (non-hydrogen) atoms. The topological polar surface area (TPSA) is 32.9 Å². The fourth-order valence-corrected chi connectivity index (χ4v) is 1.91. The SMILES string of the molecule is O=CCCCc1c[nH]c2cc(Cl)ccc12. The molecule has 0 aliphatic rings. The minimum Gasteiger partial charge on any atom is -0.361 e. The van der Waals surface area contributed by atoms with Crippen LogP contribution in [-0.4, -0.2) is 11.3 Å². The van der Waals surface area contributed by atoms with Crippen LogP contribution in [0, 0.1) is 0 Å². The van der Waals surface area contributed by atoms with Gasteiger partial charge in [0.15, 0.2) is 0 Å². The van der Waals surface area contributed by atoms with Gasteiger partial charge in [0, 0.05) is 28.5 Å². The van der Waals surface area contributed by atoms with Crippen LogP contribution in [0.3, 0.4) is 0 Å². The van der Waals surface area contributed by atoms with Crippen LogP contribution in [0.2, 0.25) is 5.02 Å². The van der Waals surface area contributed by atoms with Crippen molar-refractivity contribution in [2.24, 2.45) is 0 Å². The van der Waals surface area contributed by atoms with Gasteiger partial charge >= 0.3 is 0 Å². The van der Waals surface area contributed by atoms with E-state index in [1.165, 1.54) is 10.9 Å². The Balaban J connectivity index is 2.24. The lowest BCUT2D eigenvalue weighted by Crippen LogP contribution is -1.84. The Hall–Kier alpha value is -1.28. The summed E-state index contributed by atoms with van der Waals surface area (Å²) in [5.74, 6) is 0. The Morgan fingerprint density at radius 1 is 1.40 bits per heavy atom. The second-order valence-corrected chi connectivity index (χ2v) is 4.00. The van der Waals surface area contributed by atoms with E-state index in [0.717, 1.165) is 29.7 Å². The zero-order valence-electron chi connectivity index (χ0n) is 8.29. The molecule has 0 saturated carbocycles. The Morgan fingerprint density at radius 3 is 3.07 bits per heavy atom. The van der Waals surface area contributed by atoms with Gasteiger partial charge in [0.2, 0.25) is 0 Å². The number of halogens is 1. The number of hydrogen-bond acceptors (Lipinski definition) is 1. The van der Waals surface area contributed by atoms with Gasteiger partial charge in [-0.15, -0.1) is 0 Å². The Morgan fingerprint density at radius 2 is 2.27 bits per heavy atom. The Bertz CT molecular complexity index is 475. The second kappa shape index (κ2) is 4.49. The van der Waals surface area contributed by atoms with Gasteiger partial charge in [0.1, 0.15) is 6.29 Å². The zero-order valence-corrected chi connectivity index (χ0v) is 9.05. The van der Waals surface area contributed by atoms with Crippen molar-refractivity contribution in [1.82, 2.24) is 4.98 Å². The summed E-state index contributed by atoms with van der Waals surface area (Å²) < 4.78 is 0. The molecule has 2 nitrogen and oxygen atoms in total. The van der Waals surface area contributed by atoms with Crippen molar-refractivity contribution in [3.63, 3.8) is 0 Å². The molecule has 0 spiro atoms. The molecule has 2 aromatic rings. The molecule has 3 heteroatoms. The van der Waals surface area contributed by atoms with Gasteiger partial charge in [-0.2, -0.15) is 0 Å². The van der Waals surface area contributed by atoms with Crippen molar-refractivity contribution in [2.75, 3.05) is 0 Å². The van der Waals surface area contributed by atoms with Crippen LogP contribution >= 0.6 is 11.6 Å². The standard InChI is InChI=1S/C12H12ClNO/c13-10-4-5-11-9(3-1-2-6-15)8-14-12(11)7-10/h4-8,14H,1-3H2. The number of carbonyl (C=O) groups excluding carboxylic acids is 1. The highest BCUT2D eigenvalue weighted by molar-refractivity contribution is 6.31. The third-order valence-electron chi connectivity index (χ3n) is 2.50. The number of fused-ring (bicyclic) bond motifs is 1. The molecular formula is C12H12ClNO. The van der Waals surface area contributed by atoms with Crippen LogP contribution in [0.1, 0.15) is 18.4 Å². The van der Waals surface area contributed by atoms with Gasteiger partial charge in [-0.1, -0.05) is 17.7 Å². The highest BCUT2D eigenvalue weighted by Gasteiger charge is 2.03. The molecule has 1 aromatic carbocycles. The van der Waals surface area contributed by atoms with E-state index in [0.29, 0.717) is 6.42 Å². The van der Waals surface area contributed by atoms with Gasteiger partial charge < -0.3 is 9.78 Å². The predicted octanol–water partition coefficient (Wildman–Crippen LogP) is 3.34. The molecule has 2 rings (SSSR count). The molecule has 1 heterocycles. The van der Waals surface area contributed by atoms with Gasteiger partial charge in [0.05, 0.1) is 0 Å². The Kier molecular flexibility index (Phi) is 3.07. The number of benzene rings is 1. The van der Waals surface area contributed by atoms with E-state index in [1.807, 2.05) is 24.4 Å². The largest absolute Gasteiger partial charge is 0.361 e. The number of H-pyrrole nitrogens is 1. The minimum absolute atomic E-state index is 0.625. The summed E-state index contributed by atoms with van der Waals surface area (Å²) in [7, 11) is 0. The molecule has 78 valence electrons. The number of carbonyl (C=O) groups is 1. The number of nitrogens with one attached hydrogen (secondary N) is 1. The molecule has 1 aromatic heterocycles. The first-order valence-corrected chi connectivity index (χ1v) is 5.38. The van der Waals surface area contributed by atoms with Crippen LogP contribution in [0.5, 0.6) is 0 Å². The number of hydrogen-bond donors (Lipinski definition) is 1. The van der Waals surface area contributed by atoms with Crippen molar-refractivity contribution < 1.29 is 4.79 Å². The first kappa shape index (κ1) is 10.2. The first-order valence-electron chi connectivity index (χ1n) is 5.00. The maximum atomic E-state index is 10.2. The molecule has 0 unspecified atom stereocenters. The van der Waals surface area contributed by atoms with E-state index >= 15 is 0 Å². The van der Waals surface area contributed by atoms with E-state index in [2.05, 4.69) is 4.98 Å². The van der Waals surface area contributed by atoms with Crippen molar-refractivity contribution in [1.29, 1.82) is 0 Å². The molecule has 0 fully saturated rings. The fourth-order valence-electron chi connectivity index (χ4n) is 1.74. The molecule has 0 aliphatic carbocycles. The highest BCUT2D eigenvalue weighted by Crippen LogP contribution is 2.22. The van der Waals surface area contributed by atoms with Crippen LogP contribution in [0.4, 0.5) is 0 Å². The van der Waals surface area contributed by atoms with E-state index in [-0.39, 0.29) is 0 Å². The third kappa shape index (κ3) is 2.21. The summed E-state index contributed by atoms with van der Waals surface area (Å²) in [4.78, 5) is 13.4. The average molecular weight is 222 g/mol. The quantitative estimate of drug-likeness (QED) is 0.623. The molecule has 1 N–H and O–H groups in total. The highest BCUT2D eigenvalue weighted by atomic mass is 35.5. The number of aromatic amines is 1. The molecule has 0 amide bonds. The van der Waals surface area contributed by atoms with E-state index in [1.54, 1.807) is 0 Å². The van der Waals surface area contributed by atoms with Gasteiger partial charge in [-0.05, 0) is 30.5 Å². The second-order valence-electron chi connectivity index (χ2n) is 3.56. The van der Waals surface area contributed by atoms with E-state index < -0.39 is 0 Å². The maximum Gasteiger partial charge on any atom is 0.120 e. The lowest BCUT2D eigenvalue weighted by molar-refractivity contribution is -0.107. The van der Waals surface area contributed by atoms with Gasteiger partial charge in [-0.3, -0.25) is 0 Å². The summed E-state index contributed by atoms with van der Waals surface area (Å²) in [6.07, 6.45) is 5.41. The van der Waals surface area contributed by atoms with Crippen molar-refractivity contribution in [2.45, 2.75) is 19.3 Å². The summed E-state index contributed by atoms with van der Waals surface area (Å²) in [6, 6.07) is 5.82. The van der Waals surface area contributed by atoms with Crippen LogP contribution in [-0.2, 0) is 11.2 Å². The lowest BCUT2D eigenvalue weighted by Gasteiger charge is -1.96. The van der Waals surface area contributed by atoms with Crippen molar-refractivity contribution in [3.05, 3.63) is 35.0 Å². The lowest BCUT2D eigenvalue weighted by atomic mass is 10.1. The monoisotopic (exact) mass is 221 g/mol. The van der Waals surface area contributed by atoms with Gasteiger partial charge in [0.25, 0.3) is 0 Å². The van der Waals surface area contributed by atoms with E-state index in [4.69, 9.17) is 11.6 Å². The zero-order chi connectivity index (χ0) is 10.7. The van der Waals surface area contributed by atoms with Crippen LogP contribution < -0.4 is 0 Å². The summed E-state index contributed by atoms with van der Waals surface area (Å²) in [5.41, 5.74) is 2.31. The number of aromatic nitrogens is 1. The number of aryl methyl sites for hydroxylation is 1. The smallest absolute Gasteiger partial charge is 0.120 e. The average Bonchev–Trinajstić information content (AvgIpc) is 2.61. The van der Waals surface area contributed by atoms with Crippen molar-refractivity contribution >= 4 is 28.8 Å². The maximum absolute atomic E-state index is 10.2. The normalized spacial score (nSPS) is 10.7. The predicted molar refractivity (Wildman–Crippen MR) is 62.3 cm³/mol. The summed E-state index contributed by atoms with van der Waals surface area (Å²) in [5, 5.41) is 1.94. The Labute approximate surface area is 93.2 Å².